The van der Waals surface area contributed by atoms with Gasteiger partial charge in [0, 0.05) is 12.0 Å². The van der Waals surface area contributed by atoms with E-state index >= 15 is 0 Å². The van der Waals surface area contributed by atoms with Crippen molar-refractivity contribution in [3.05, 3.63) is 22.2 Å². The van der Waals surface area contributed by atoms with Gasteiger partial charge < -0.3 is 10.1 Å². The van der Waals surface area contributed by atoms with E-state index in [1.807, 2.05) is 0 Å². The van der Waals surface area contributed by atoms with Crippen molar-refractivity contribution in [1.82, 2.24) is 19.4 Å². The van der Waals surface area contributed by atoms with Crippen LogP contribution in [0.2, 0.25) is 0 Å². The molecule has 2 rings (SSSR count). The van der Waals surface area contributed by atoms with Gasteiger partial charge in [-0.15, -0.1) is 5.10 Å². The second kappa shape index (κ2) is 7.11. The molecule has 0 aliphatic rings. The monoisotopic (exact) mass is 361 g/mol. The molecule has 0 atom stereocenters. The molecule has 0 bridgehead atoms. The number of hydrogen-bond acceptors (Lipinski definition) is 6. The molecule has 0 unspecified atom stereocenters. The molecule has 0 aliphatic heterocycles. The van der Waals surface area contributed by atoms with Crippen molar-refractivity contribution >= 4 is 17.3 Å². The van der Waals surface area contributed by atoms with Gasteiger partial charge in [-0.2, -0.15) is 18.3 Å². The van der Waals surface area contributed by atoms with Crippen LogP contribution in [0.15, 0.2) is 10.9 Å². The maximum Gasteiger partial charge on any atom is 0.405 e. The number of nitrogens with one attached hydrogen (secondary N) is 1. The largest absolute Gasteiger partial charge is 0.465 e. The van der Waals surface area contributed by atoms with Gasteiger partial charge in [0.05, 0.1) is 6.61 Å². The van der Waals surface area contributed by atoms with Gasteiger partial charge >= 0.3 is 12.1 Å². The first-order valence-electron chi connectivity index (χ1n) is 7.59. The van der Waals surface area contributed by atoms with E-state index in [4.69, 9.17) is 4.74 Å². The number of anilines is 1. The highest BCUT2D eigenvalue weighted by atomic mass is 19.4. The summed E-state index contributed by atoms with van der Waals surface area (Å²) >= 11 is 0. The van der Waals surface area contributed by atoms with E-state index in [2.05, 4.69) is 15.5 Å². The van der Waals surface area contributed by atoms with Crippen LogP contribution < -0.4 is 10.9 Å². The van der Waals surface area contributed by atoms with Gasteiger partial charge in [-0.05, 0) is 6.92 Å². The Morgan fingerprint density at radius 3 is 2.60 bits per heavy atom. The lowest BCUT2D eigenvalue weighted by molar-refractivity contribution is -0.144. The lowest BCUT2D eigenvalue weighted by Gasteiger charge is -2.11. The fraction of sp³-hybridized carbons (Fsp3) is 0.571. The van der Waals surface area contributed by atoms with Crippen LogP contribution in [-0.2, 0) is 16.1 Å². The minimum atomic E-state index is -4.42. The number of hydrogen-bond donors (Lipinski definition) is 1. The third-order valence-electron chi connectivity index (χ3n) is 3.17. The maximum absolute atomic E-state index is 12.4. The zero-order valence-electron chi connectivity index (χ0n) is 13.9. The number of carbonyl (C=O) groups is 1. The van der Waals surface area contributed by atoms with E-state index < -0.39 is 24.2 Å². The highest BCUT2D eigenvalue weighted by Crippen LogP contribution is 2.18. The topological polar surface area (TPSA) is 90.5 Å². The Labute approximate surface area is 140 Å². The third-order valence-corrected chi connectivity index (χ3v) is 3.17. The average Bonchev–Trinajstić information content (AvgIpc) is 2.92. The Kier molecular flexibility index (Phi) is 5.33. The molecular weight excluding hydrogens is 343 g/mol. The van der Waals surface area contributed by atoms with Gasteiger partial charge in [-0.1, -0.05) is 13.8 Å². The lowest BCUT2D eigenvalue weighted by Crippen LogP contribution is -2.31. The Hall–Kier alpha value is -2.59. The molecule has 2 heterocycles. The van der Waals surface area contributed by atoms with Crippen molar-refractivity contribution in [1.29, 1.82) is 0 Å². The van der Waals surface area contributed by atoms with Crippen LogP contribution in [0.3, 0.4) is 0 Å². The van der Waals surface area contributed by atoms with Gasteiger partial charge in [-0.3, -0.25) is 9.59 Å². The molecule has 0 fully saturated rings. The number of halogens is 3. The van der Waals surface area contributed by atoms with Gasteiger partial charge in [0.15, 0.2) is 5.82 Å². The SMILES string of the molecule is CCOC(=O)Cn1nc(C(C)C)n2nc(NCC(F)(F)F)cc2c1=O. The Morgan fingerprint density at radius 2 is 2.04 bits per heavy atom. The molecule has 0 aliphatic carbocycles. The fourth-order valence-electron chi connectivity index (χ4n) is 2.13. The second-order valence-corrected chi connectivity index (χ2v) is 5.58. The predicted molar refractivity (Wildman–Crippen MR) is 82.5 cm³/mol. The van der Waals surface area contributed by atoms with Crippen LogP contribution >= 0.6 is 0 Å². The van der Waals surface area contributed by atoms with Crippen LogP contribution in [0.4, 0.5) is 19.0 Å². The van der Waals surface area contributed by atoms with Crippen molar-refractivity contribution in [3.8, 4) is 0 Å². The predicted octanol–water partition coefficient (Wildman–Crippen LogP) is 1.55. The molecule has 11 heteroatoms. The van der Waals surface area contributed by atoms with E-state index in [0.29, 0.717) is 5.82 Å². The van der Waals surface area contributed by atoms with Gasteiger partial charge in [0.2, 0.25) is 0 Å². The summed E-state index contributed by atoms with van der Waals surface area (Å²) in [5, 5.41) is 10.2. The Morgan fingerprint density at radius 1 is 1.36 bits per heavy atom. The minimum absolute atomic E-state index is 0.0210. The Bertz CT molecular complexity index is 825. The average molecular weight is 361 g/mol. The fourth-order valence-corrected chi connectivity index (χ4v) is 2.13. The smallest absolute Gasteiger partial charge is 0.405 e. The summed E-state index contributed by atoms with van der Waals surface area (Å²) in [5.74, 6) is -0.594. The molecule has 25 heavy (non-hydrogen) atoms. The summed E-state index contributed by atoms with van der Waals surface area (Å²) in [6, 6.07) is 1.20. The number of nitrogens with zero attached hydrogens (tertiary/aromatic N) is 4. The van der Waals surface area contributed by atoms with Crippen molar-refractivity contribution < 1.29 is 22.7 Å². The van der Waals surface area contributed by atoms with E-state index in [1.165, 1.54) is 10.6 Å². The summed E-state index contributed by atoms with van der Waals surface area (Å²) < 4.78 is 43.9. The van der Waals surface area contributed by atoms with Crippen molar-refractivity contribution in [2.45, 2.75) is 39.4 Å². The van der Waals surface area contributed by atoms with Crippen molar-refractivity contribution in [2.75, 3.05) is 18.5 Å². The maximum atomic E-state index is 12.4. The van der Waals surface area contributed by atoms with Gasteiger partial charge in [0.25, 0.3) is 5.56 Å². The van der Waals surface area contributed by atoms with Crippen LogP contribution in [0.25, 0.3) is 5.52 Å². The van der Waals surface area contributed by atoms with E-state index in [0.717, 1.165) is 4.68 Å². The first-order valence-corrected chi connectivity index (χ1v) is 7.59. The van der Waals surface area contributed by atoms with Crippen molar-refractivity contribution in [3.63, 3.8) is 0 Å². The van der Waals surface area contributed by atoms with Crippen LogP contribution in [0.5, 0.6) is 0 Å². The summed E-state index contributed by atoms with van der Waals surface area (Å²) in [6.07, 6.45) is -4.42. The Balaban J connectivity index is 2.47. The first-order chi connectivity index (χ1) is 11.6. The van der Waals surface area contributed by atoms with Crippen LogP contribution in [0, 0.1) is 0 Å². The molecule has 0 saturated carbocycles. The van der Waals surface area contributed by atoms with Crippen molar-refractivity contribution in [2.24, 2.45) is 0 Å². The molecule has 1 N–H and O–H groups in total. The number of esters is 1. The lowest BCUT2D eigenvalue weighted by atomic mass is 10.2. The van der Waals surface area contributed by atoms with E-state index in [1.54, 1.807) is 20.8 Å². The zero-order valence-corrected chi connectivity index (χ0v) is 13.9. The number of carbonyl (C=O) groups excluding carboxylic acids is 1. The van der Waals surface area contributed by atoms with Crippen LogP contribution in [-0.4, -0.2) is 44.7 Å². The van der Waals surface area contributed by atoms with E-state index in [-0.39, 0.29) is 30.4 Å². The molecule has 0 amide bonds. The molecular formula is C14H18F3N5O3. The number of ether oxygens (including phenoxy) is 1. The zero-order chi connectivity index (χ0) is 18.8. The molecule has 0 aromatic carbocycles. The standard InChI is InChI=1S/C14H18F3N5O3/c1-4-25-11(23)6-21-13(24)9-5-10(18-7-14(15,16)17)19-22(9)12(20-21)8(2)3/h5,8H,4,6-7H2,1-3H3,(H,18,19). The molecule has 2 aromatic heterocycles. The number of fused-ring (bicyclic) bond motifs is 1. The molecule has 0 saturated heterocycles. The first kappa shape index (κ1) is 18.7. The van der Waals surface area contributed by atoms with Gasteiger partial charge in [-0.25, -0.2) is 9.20 Å². The number of rotatable bonds is 6. The summed E-state index contributed by atoms with van der Waals surface area (Å²) in [5.41, 5.74) is -0.627. The summed E-state index contributed by atoms with van der Waals surface area (Å²) in [7, 11) is 0. The second-order valence-electron chi connectivity index (χ2n) is 5.58. The number of aromatic nitrogens is 4. The molecule has 138 valence electrons. The molecule has 0 radical (unpaired) electrons. The summed E-state index contributed by atoms with van der Waals surface area (Å²) in [4.78, 5) is 24.1. The van der Waals surface area contributed by atoms with Gasteiger partial charge in [0.1, 0.15) is 24.4 Å². The molecule has 2 aromatic rings. The third kappa shape index (κ3) is 4.48. The summed E-state index contributed by atoms with van der Waals surface area (Å²) in [6.45, 7) is 3.69. The van der Waals surface area contributed by atoms with E-state index in [9.17, 15) is 22.8 Å². The quantitative estimate of drug-likeness (QED) is 0.785. The number of alkyl halides is 3. The molecule has 8 nitrogen and oxygen atoms in total. The molecule has 0 spiro atoms. The highest BCUT2D eigenvalue weighted by molar-refractivity contribution is 5.69. The normalized spacial score (nSPS) is 12.0. The highest BCUT2D eigenvalue weighted by Gasteiger charge is 2.27. The minimum Gasteiger partial charge on any atom is -0.465 e. The van der Waals surface area contributed by atoms with Crippen LogP contribution in [0.1, 0.15) is 32.5 Å².